The number of nitrogens with zero attached hydrogens (tertiary/aromatic N) is 3. The van der Waals surface area contributed by atoms with Crippen molar-refractivity contribution < 1.29 is 0 Å². The van der Waals surface area contributed by atoms with Crippen LogP contribution in [0.15, 0.2) is 36.9 Å². The van der Waals surface area contributed by atoms with Gasteiger partial charge in [0.15, 0.2) is 0 Å². The third kappa shape index (κ3) is 3.39. The van der Waals surface area contributed by atoms with E-state index < -0.39 is 0 Å². The van der Waals surface area contributed by atoms with Crippen LogP contribution < -0.4 is 5.32 Å². The van der Waals surface area contributed by atoms with E-state index in [0.717, 1.165) is 13.1 Å². The summed E-state index contributed by atoms with van der Waals surface area (Å²) in [6.45, 7) is 6.01. The van der Waals surface area contributed by atoms with Gasteiger partial charge in [-0.1, -0.05) is 0 Å². The first-order valence-corrected chi connectivity index (χ1v) is 5.88. The predicted octanol–water partition coefficient (Wildman–Crippen LogP) is 1.94. The second kappa shape index (κ2) is 5.59. The van der Waals surface area contributed by atoms with Crippen LogP contribution in [0, 0.1) is 6.92 Å². The van der Waals surface area contributed by atoms with Crippen LogP contribution >= 0.6 is 0 Å². The van der Waals surface area contributed by atoms with Crippen LogP contribution in [0.5, 0.6) is 0 Å². The topological polar surface area (TPSA) is 42.7 Å². The Morgan fingerprint density at radius 3 is 2.76 bits per heavy atom. The molecule has 0 unspecified atom stereocenters. The average molecular weight is 230 g/mol. The number of nitrogens with one attached hydrogen (secondary N) is 1. The van der Waals surface area contributed by atoms with Crippen molar-refractivity contribution in [2.24, 2.45) is 0 Å². The van der Waals surface area contributed by atoms with E-state index in [1.54, 1.807) is 0 Å². The summed E-state index contributed by atoms with van der Waals surface area (Å²) < 4.78 is 1.96. The maximum atomic E-state index is 4.25. The Morgan fingerprint density at radius 1 is 1.35 bits per heavy atom. The average Bonchev–Trinajstić information content (AvgIpc) is 2.76. The van der Waals surface area contributed by atoms with Gasteiger partial charge in [-0.3, -0.25) is 9.67 Å². The normalized spacial score (nSPS) is 12.6. The maximum Gasteiger partial charge on any atom is 0.0534 e. The molecule has 0 amide bonds. The summed E-state index contributed by atoms with van der Waals surface area (Å²) in [5, 5.41) is 7.72. The molecule has 0 saturated carbocycles. The minimum atomic E-state index is 0.342. The molecule has 90 valence electrons. The molecule has 0 radical (unpaired) electrons. The molecular formula is C13H18N4. The summed E-state index contributed by atoms with van der Waals surface area (Å²) in [6.07, 6.45) is 7.58. The molecule has 4 nitrogen and oxygen atoms in total. The zero-order valence-corrected chi connectivity index (χ0v) is 10.3. The third-order valence-corrected chi connectivity index (χ3v) is 2.76. The lowest BCUT2D eigenvalue weighted by molar-refractivity contribution is 0.507. The number of aromatic nitrogens is 3. The van der Waals surface area contributed by atoms with Gasteiger partial charge < -0.3 is 5.32 Å². The van der Waals surface area contributed by atoms with Crippen molar-refractivity contribution in [3.05, 3.63) is 48.0 Å². The molecule has 0 spiro atoms. The second-order valence-electron chi connectivity index (χ2n) is 4.24. The number of aryl methyl sites for hydroxylation is 1. The number of pyridine rings is 1. The lowest BCUT2D eigenvalue weighted by Gasteiger charge is -2.13. The van der Waals surface area contributed by atoms with Crippen LogP contribution in [-0.4, -0.2) is 21.3 Å². The first kappa shape index (κ1) is 11.8. The second-order valence-corrected chi connectivity index (χ2v) is 4.24. The molecule has 1 N–H and O–H groups in total. The molecule has 2 aromatic heterocycles. The van der Waals surface area contributed by atoms with Gasteiger partial charge in [-0.25, -0.2) is 0 Å². The minimum absolute atomic E-state index is 0.342. The number of hydrogen-bond acceptors (Lipinski definition) is 3. The smallest absolute Gasteiger partial charge is 0.0534 e. The fourth-order valence-corrected chi connectivity index (χ4v) is 1.75. The van der Waals surface area contributed by atoms with E-state index >= 15 is 0 Å². The Bertz CT molecular complexity index is 449. The van der Waals surface area contributed by atoms with Gasteiger partial charge in [0.05, 0.1) is 12.7 Å². The molecule has 0 aliphatic rings. The molecule has 0 aliphatic carbocycles. The number of hydrogen-bond donors (Lipinski definition) is 1. The zero-order valence-electron chi connectivity index (χ0n) is 10.3. The first-order valence-electron chi connectivity index (χ1n) is 5.88. The van der Waals surface area contributed by atoms with Crippen LogP contribution in [0.25, 0.3) is 0 Å². The Balaban J connectivity index is 1.79. The highest BCUT2D eigenvalue weighted by atomic mass is 15.3. The van der Waals surface area contributed by atoms with Gasteiger partial charge in [-0.15, -0.1) is 0 Å². The standard InChI is InChI=1S/C13H18N4/c1-11-9-16-17(10-11)8-7-15-12(2)13-3-5-14-6-4-13/h3-6,9-10,12,15H,7-8H2,1-2H3/t12-/m0/s1. The van der Waals surface area contributed by atoms with Crippen molar-refractivity contribution in [2.75, 3.05) is 6.54 Å². The van der Waals surface area contributed by atoms with Crippen LogP contribution in [0.4, 0.5) is 0 Å². The molecule has 0 aromatic carbocycles. The van der Waals surface area contributed by atoms with Gasteiger partial charge in [0.25, 0.3) is 0 Å². The van der Waals surface area contributed by atoms with Crippen molar-refractivity contribution >= 4 is 0 Å². The maximum absolute atomic E-state index is 4.25. The summed E-state index contributed by atoms with van der Waals surface area (Å²) in [4.78, 5) is 4.02. The Morgan fingerprint density at radius 2 is 2.12 bits per heavy atom. The zero-order chi connectivity index (χ0) is 12.1. The third-order valence-electron chi connectivity index (χ3n) is 2.76. The van der Waals surface area contributed by atoms with Crippen LogP contribution in [0.1, 0.15) is 24.1 Å². The molecule has 2 rings (SSSR count). The highest BCUT2D eigenvalue weighted by Gasteiger charge is 2.03. The van der Waals surface area contributed by atoms with Gasteiger partial charge in [-0.2, -0.15) is 5.10 Å². The summed E-state index contributed by atoms with van der Waals surface area (Å²) >= 11 is 0. The van der Waals surface area contributed by atoms with Gasteiger partial charge in [0.1, 0.15) is 0 Å². The van der Waals surface area contributed by atoms with Crippen LogP contribution in [0.3, 0.4) is 0 Å². The fraction of sp³-hybridized carbons (Fsp3) is 0.385. The van der Waals surface area contributed by atoms with E-state index in [4.69, 9.17) is 0 Å². The van der Waals surface area contributed by atoms with E-state index in [1.807, 2.05) is 35.4 Å². The van der Waals surface area contributed by atoms with E-state index in [-0.39, 0.29) is 0 Å². The molecule has 17 heavy (non-hydrogen) atoms. The van der Waals surface area contributed by atoms with E-state index in [9.17, 15) is 0 Å². The lowest BCUT2D eigenvalue weighted by Crippen LogP contribution is -2.23. The largest absolute Gasteiger partial charge is 0.308 e. The Hall–Kier alpha value is -1.68. The van der Waals surface area contributed by atoms with Crippen LogP contribution in [-0.2, 0) is 6.54 Å². The van der Waals surface area contributed by atoms with E-state index in [0.29, 0.717) is 6.04 Å². The van der Waals surface area contributed by atoms with Crippen molar-refractivity contribution in [3.8, 4) is 0 Å². The summed E-state index contributed by atoms with van der Waals surface area (Å²) in [5.41, 5.74) is 2.46. The molecule has 0 fully saturated rings. The van der Waals surface area contributed by atoms with Crippen molar-refractivity contribution in [1.29, 1.82) is 0 Å². The molecule has 0 aliphatic heterocycles. The van der Waals surface area contributed by atoms with Crippen molar-refractivity contribution in [2.45, 2.75) is 26.4 Å². The van der Waals surface area contributed by atoms with Gasteiger partial charge in [0.2, 0.25) is 0 Å². The monoisotopic (exact) mass is 230 g/mol. The fourth-order valence-electron chi connectivity index (χ4n) is 1.75. The van der Waals surface area contributed by atoms with Crippen LogP contribution in [0.2, 0.25) is 0 Å². The molecular weight excluding hydrogens is 212 g/mol. The van der Waals surface area contributed by atoms with Crippen molar-refractivity contribution in [3.63, 3.8) is 0 Å². The molecule has 0 saturated heterocycles. The minimum Gasteiger partial charge on any atom is -0.308 e. The quantitative estimate of drug-likeness (QED) is 0.853. The number of rotatable bonds is 5. The molecule has 0 bridgehead atoms. The van der Waals surface area contributed by atoms with Gasteiger partial charge in [0, 0.05) is 31.2 Å². The molecule has 4 heteroatoms. The van der Waals surface area contributed by atoms with Crippen molar-refractivity contribution in [1.82, 2.24) is 20.1 Å². The Kier molecular flexibility index (Phi) is 3.88. The van der Waals surface area contributed by atoms with Gasteiger partial charge >= 0.3 is 0 Å². The Labute approximate surface area is 102 Å². The summed E-state index contributed by atoms with van der Waals surface area (Å²) in [6, 6.07) is 4.42. The van der Waals surface area contributed by atoms with Gasteiger partial charge in [-0.05, 0) is 37.1 Å². The summed E-state index contributed by atoms with van der Waals surface area (Å²) in [5.74, 6) is 0. The summed E-state index contributed by atoms with van der Waals surface area (Å²) in [7, 11) is 0. The first-order chi connectivity index (χ1) is 8.25. The lowest BCUT2D eigenvalue weighted by atomic mass is 10.1. The highest BCUT2D eigenvalue weighted by molar-refractivity contribution is 5.13. The molecule has 1 atom stereocenters. The SMILES string of the molecule is Cc1cnn(CCN[C@@H](C)c2ccncc2)c1. The van der Waals surface area contributed by atoms with E-state index in [1.165, 1.54) is 11.1 Å². The highest BCUT2D eigenvalue weighted by Crippen LogP contribution is 2.09. The molecule has 2 heterocycles. The van der Waals surface area contributed by atoms with E-state index in [2.05, 4.69) is 35.4 Å². The predicted molar refractivity (Wildman–Crippen MR) is 67.6 cm³/mol. The molecule has 2 aromatic rings.